The lowest BCUT2D eigenvalue weighted by molar-refractivity contribution is -0.145. The fourth-order valence-corrected chi connectivity index (χ4v) is 1.36. The van der Waals surface area contributed by atoms with Gasteiger partial charge < -0.3 is 9.47 Å². The van der Waals surface area contributed by atoms with E-state index < -0.39 is 5.97 Å². The van der Waals surface area contributed by atoms with E-state index in [9.17, 15) is 9.59 Å². The molecule has 0 aliphatic heterocycles. The van der Waals surface area contributed by atoms with Gasteiger partial charge in [-0.05, 0) is 31.0 Å². The molecule has 1 aromatic rings. The summed E-state index contributed by atoms with van der Waals surface area (Å²) in [6.45, 7) is 3.87. The quantitative estimate of drug-likeness (QED) is 0.560. The minimum Gasteiger partial charge on any atom is -0.481 e. The van der Waals surface area contributed by atoms with Crippen molar-refractivity contribution in [2.24, 2.45) is 0 Å². The van der Waals surface area contributed by atoms with Crippen LogP contribution in [0.25, 0.3) is 0 Å². The second-order valence-corrected chi connectivity index (χ2v) is 3.44. The van der Waals surface area contributed by atoms with E-state index in [2.05, 4.69) is 0 Å². The Morgan fingerprint density at radius 1 is 1.35 bits per heavy atom. The third-order valence-electron chi connectivity index (χ3n) is 2.26. The van der Waals surface area contributed by atoms with E-state index in [1.54, 1.807) is 19.1 Å². The minimum atomic E-state index is -0.439. The zero-order chi connectivity index (χ0) is 12.7. The van der Waals surface area contributed by atoms with Gasteiger partial charge in [0.2, 0.25) is 0 Å². The van der Waals surface area contributed by atoms with E-state index in [0.29, 0.717) is 24.2 Å². The second kappa shape index (κ2) is 6.68. The normalized spacial score (nSPS) is 9.76. The molecule has 0 aliphatic rings. The van der Waals surface area contributed by atoms with E-state index in [0.717, 1.165) is 12.0 Å². The van der Waals surface area contributed by atoms with Crippen LogP contribution in [0.5, 0.6) is 5.75 Å². The first-order valence-corrected chi connectivity index (χ1v) is 5.57. The minimum absolute atomic E-state index is 0.179. The zero-order valence-electron chi connectivity index (χ0n) is 10.1. The van der Waals surface area contributed by atoms with Crippen LogP contribution < -0.4 is 4.74 Å². The number of benzene rings is 1. The third kappa shape index (κ3) is 3.90. The molecule has 0 fully saturated rings. The largest absolute Gasteiger partial charge is 0.481 e. The summed E-state index contributed by atoms with van der Waals surface area (Å²) in [5.41, 5.74) is 1.49. The lowest BCUT2D eigenvalue weighted by Gasteiger charge is -2.09. The van der Waals surface area contributed by atoms with Crippen molar-refractivity contribution < 1.29 is 19.1 Å². The molecule has 0 radical (unpaired) electrons. The summed E-state index contributed by atoms with van der Waals surface area (Å²) in [7, 11) is 0. The van der Waals surface area contributed by atoms with Crippen LogP contribution in [0.3, 0.4) is 0 Å². The average Bonchev–Trinajstić information content (AvgIpc) is 2.36. The highest BCUT2D eigenvalue weighted by molar-refractivity contribution is 5.80. The van der Waals surface area contributed by atoms with Gasteiger partial charge in [0, 0.05) is 0 Å². The summed E-state index contributed by atoms with van der Waals surface area (Å²) in [6.07, 6.45) is 1.55. The molecule has 1 aromatic carbocycles. The molecule has 17 heavy (non-hydrogen) atoms. The fourth-order valence-electron chi connectivity index (χ4n) is 1.36. The van der Waals surface area contributed by atoms with Gasteiger partial charge in [-0.3, -0.25) is 4.79 Å². The second-order valence-electron chi connectivity index (χ2n) is 3.44. The molecule has 0 unspecified atom stereocenters. The molecule has 0 spiro atoms. The maximum Gasteiger partial charge on any atom is 0.344 e. The number of aldehydes is 1. The van der Waals surface area contributed by atoms with Crippen LogP contribution >= 0.6 is 0 Å². The highest BCUT2D eigenvalue weighted by Gasteiger charge is 2.07. The molecule has 0 saturated carbocycles. The molecule has 0 aliphatic carbocycles. The first kappa shape index (κ1) is 13.2. The Morgan fingerprint density at radius 3 is 2.71 bits per heavy atom. The Morgan fingerprint density at radius 2 is 2.12 bits per heavy atom. The molecule has 4 nitrogen and oxygen atoms in total. The highest BCUT2D eigenvalue weighted by atomic mass is 16.6. The van der Waals surface area contributed by atoms with E-state index >= 15 is 0 Å². The number of carbonyl (C=O) groups is 2. The van der Waals surface area contributed by atoms with Crippen molar-refractivity contribution in [1.82, 2.24) is 0 Å². The molecule has 0 aromatic heterocycles. The van der Waals surface area contributed by atoms with Crippen LogP contribution in [-0.4, -0.2) is 25.5 Å². The van der Waals surface area contributed by atoms with Gasteiger partial charge in [0.15, 0.2) is 12.9 Å². The first-order valence-electron chi connectivity index (χ1n) is 5.57. The van der Waals surface area contributed by atoms with Crippen molar-refractivity contribution in [2.45, 2.75) is 20.3 Å². The first-order chi connectivity index (χ1) is 8.21. The van der Waals surface area contributed by atoms with Gasteiger partial charge in [-0.2, -0.15) is 0 Å². The predicted octanol–water partition coefficient (Wildman–Crippen LogP) is 2.00. The number of esters is 1. The van der Waals surface area contributed by atoms with Crippen LogP contribution in [0.1, 0.15) is 29.8 Å². The Kier molecular flexibility index (Phi) is 5.20. The van der Waals surface area contributed by atoms with E-state index in [1.165, 1.54) is 0 Å². The average molecular weight is 236 g/mol. The Labute approximate surface area is 101 Å². The monoisotopic (exact) mass is 236 g/mol. The molecule has 4 heteroatoms. The molecular weight excluding hydrogens is 220 g/mol. The van der Waals surface area contributed by atoms with Crippen molar-refractivity contribution in [3.63, 3.8) is 0 Å². The molecule has 1 rings (SSSR count). The molecule has 0 bridgehead atoms. The van der Waals surface area contributed by atoms with E-state index in [4.69, 9.17) is 9.47 Å². The van der Waals surface area contributed by atoms with E-state index in [1.807, 2.05) is 13.0 Å². The van der Waals surface area contributed by atoms with Crippen molar-refractivity contribution >= 4 is 12.3 Å². The number of ether oxygens (including phenoxy) is 2. The summed E-state index contributed by atoms with van der Waals surface area (Å²) in [5, 5.41) is 0. The molecule has 0 N–H and O–H groups in total. The van der Waals surface area contributed by atoms with Gasteiger partial charge in [-0.1, -0.05) is 13.0 Å². The third-order valence-corrected chi connectivity index (χ3v) is 2.26. The van der Waals surface area contributed by atoms with Gasteiger partial charge >= 0.3 is 5.97 Å². The van der Waals surface area contributed by atoms with Crippen molar-refractivity contribution in [3.05, 3.63) is 29.3 Å². The van der Waals surface area contributed by atoms with Crippen molar-refractivity contribution in [3.8, 4) is 5.75 Å². The van der Waals surface area contributed by atoms with Crippen molar-refractivity contribution in [2.75, 3.05) is 13.2 Å². The summed E-state index contributed by atoms with van der Waals surface area (Å²) < 4.78 is 10.0. The molecule has 0 saturated heterocycles. The summed E-state index contributed by atoms with van der Waals surface area (Å²) in [6, 6.07) is 5.32. The van der Waals surface area contributed by atoms with Crippen LogP contribution in [-0.2, 0) is 16.0 Å². The maximum absolute atomic E-state index is 11.1. The molecule has 92 valence electrons. The molecular formula is C13H16O4. The van der Waals surface area contributed by atoms with Crippen LogP contribution in [0.2, 0.25) is 0 Å². The number of hydrogen-bond donors (Lipinski definition) is 0. The number of hydrogen-bond acceptors (Lipinski definition) is 4. The lowest BCUT2D eigenvalue weighted by Crippen LogP contribution is -2.15. The summed E-state index contributed by atoms with van der Waals surface area (Å²) >= 11 is 0. The number of rotatable bonds is 6. The van der Waals surface area contributed by atoms with Crippen LogP contribution in [0, 0.1) is 0 Å². The van der Waals surface area contributed by atoms with Gasteiger partial charge in [0.05, 0.1) is 12.2 Å². The SMILES string of the molecule is CCOC(=O)COc1cc(CC)ccc1C=O. The Balaban J connectivity index is 2.74. The van der Waals surface area contributed by atoms with Gasteiger partial charge in [-0.15, -0.1) is 0 Å². The smallest absolute Gasteiger partial charge is 0.344 e. The summed E-state index contributed by atoms with van der Waals surface area (Å²) in [4.78, 5) is 21.9. The van der Waals surface area contributed by atoms with Gasteiger partial charge in [0.1, 0.15) is 5.75 Å². The van der Waals surface area contributed by atoms with Crippen LogP contribution in [0.15, 0.2) is 18.2 Å². The Hall–Kier alpha value is -1.84. The van der Waals surface area contributed by atoms with Crippen molar-refractivity contribution in [1.29, 1.82) is 0 Å². The van der Waals surface area contributed by atoms with Gasteiger partial charge in [0.25, 0.3) is 0 Å². The highest BCUT2D eigenvalue weighted by Crippen LogP contribution is 2.19. The fraction of sp³-hybridized carbons (Fsp3) is 0.385. The van der Waals surface area contributed by atoms with E-state index in [-0.39, 0.29) is 6.61 Å². The molecule has 0 heterocycles. The number of aryl methyl sites for hydroxylation is 1. The Bertz CT molecular complexity index is 398. The van der Waals surface area contributed by atoms with Gasteiger partial charge in [-0.25, -0.2) is 4.79 Å². The lowest BCUT2D eigenvalue weighted by atomic mass is 10.1. The molecule has 0 amide bonds. The predicted molar refractivity (Wildman–Crippen MR) is 63.3 cm³/mol. The molecule has 0 atom stereocenters. The van der Waals surface area contributed by atoms with Crippen LogP contribution in [0.4, 0.5) is 0 Å². The number of carbonyl (C=O) groups excluding carboxylic acids is 2. The topological polar surface area (TPSA) is 52.6 Å². The maximum atomic E-state index is 11.1. The zero-order valence-corrected chi connectivity index (χ0v) is 10.1. The standard InChI is InChI=1S/C13H16O4/c1-3-10-5-6-11(8-14)12(7-10)17-9-13(15)16-4-2/h5-8H,3-4,9H2,1-2H3. The summed E-state index contributed by atoms with van der Waals surface area (Å²) in [5.74, 6) is -0.0151.